The van der Waals surface area contributed by atoms with Crippen molar-refractivity contribution in [2.75, 3.05) is 5.32 Å². The number of amides is 3. The molecular weight excluding hydrogens is 394 g/mol. The second kappa shape index (κ2) is 8.51. The SMILES string of the molecule is CC#CC(=O)Nc1ccc(Oc2ccc3c(c2)C(=O)N(Cc2cccnc2)C3=O)cc1. The lowest BCUT2D eigenvalue weighted by molar-refractivity contribution is -0.111. The van der Waals surface area contributed by atoms with Gasteiger partial charge in [0.05, 0.1) is 17.7 Å². The van der Waals surface area contributed by atoms with E-state index >= 15 is 0 Å². The summed E-state index contributed by atoms with van der Waals surface area (Å²) in [6.07, 6.45) is 3.26. The van der Waals surface area contributed by atoms with Gasteiger partial charge >= 0.3 is 0 Å². The number of hydrogen-bond acceptors (Lipinski definition) is 5. The van der Waals surface area contributed by atoms with Gasteiger partial charge in [-0.1, -0.05) is 12.0 Å². The Labute approximate surface area is 178 Å². The van der Waals surface area contributed by atoms with E-state index in [1.54, 1.807) is 67.8 Å². The minimum atomic E-state index is -0.395. The molecule has 0 spiro atoms. The highest BCUT2D eigenvalue weighted by atomic mass is 16.5. The first kappa shape index (κ1) is 19.9. The maximum absolute atomic E-state index is 12.8. The average molecular weight is 411 g/mol. The van der Waals surface area contributed by atoms with Gasteiger partial charge in [-0.3, -0.25) is 24.3 Å². The molecule has 31 heavy (non-hydrogen) atoms. The van der Waals surface area contributed by atoms with Gasteiger partial charge in [-0.25, -0.2) is 0 Å². The summed E-state index contributed by atoms with van der Waals surface area (Å²) in [5.41, 5.74) is 2.00. The number of ether oxygens (including phenoxy) is 1. The molecule has 0 aliphatic carbocycles. The van der Waals surface area contributed by atoms with Crippen LogP contribution in [0, 0.1) is 11.8 Å². The quantitative estimate of drug-likeness (QED) is 0.512. The molecule has 7 nitrogen and oxygen atoms in total. The summed E-state index contributed by atoms with van der Waals surface area (Å²) in [5.74, 6) is 4.77. The van der Waals surface area contributed by atoms with E-state index in [1.807, 2.05) is 6.07 Å². The van der Waals surface area contributed by atoms with Crippen LogP contribution in [0.15, 0.2) is 67.0 Å². The van der Waals surface area contributed by atoms with Crippen molar-refractivity contribution in [3.8, 4) is 23.3 Å². The average Bonchev–Trinajstić information content (AvgIpc) is 3.00. The van der Waals surface area contributed by atoms with Crippen LogP contribution in [0.5, 0.6) is 11.5 Å². The first-order valence-electron chi connectivity index (χ1n) is 9.46. The molecule has 0 radical (unpaired) electrons. The lowest BCUT2D eigenvalue weighted by atomic mass is 10.1. The molecule has 0 atom stereocenters. The van der Waals surface area contributed by atoms with Gasteiger partial charge in [-0.05, 0) is 66.9 Å². The number of carbonyl (C=O) groups is 3. The van der Waals surface area contributed by atoms with Crippen molar-refractivity contribution in [2.24, 2.45) is 0 Å². The fraction of sp³-hybridized carbons (Fsp3) is 0.0833. The van der Waals surface area contributed by atoms with Crippen LogP contribution in [-0.2, 0) is 11.3 Å². The smallest absolute Gasteiger partial charge is 0.300 e. The van der Waals surface area contributed by atoms with E-state index in [4.69, 9.17) is 4.74 Å². The van der Waals surface area contributed by atoms with Crippen molar-refractivity contribution in [1.82, 2.24) is 9.88 Å². The molecule has 3 amide bonds. The molecule has 3 aromatic rings. The van der Waals surface area contributed by atoms with E-state index in [1.165, 1.54) is 4.90 Å². The first-order chi connectivity index (χ1) is 15.0. The molecule has 0 saturated heterocycles. The zero-order chi connectivity index (χ0) is 21.8. The third-order valence-electron chi connectivity index (χ3n) is 4.59. The number of nitrogens with one attached hydrogen (secondary N) is 1. The molecule has 2 aromatic carbocycles. The lowest BCUT2D eigenvalue weighted by Gasteiger charge is -2.13. The number of fused-ring (bicyclic) bond motifs is 1. The maximum Gasteiger partial charge on any atom is 0.300 e. The monoisotopic (exact) mass is 411 g/mol. The summed E-state index contributed by atoms with van der Waals surface area (Å²) >= 11 is 0. The number of hydrogen-bond donors (Lipinski definition) is 1. The summed E-state index contributed by atoms with van der Waals surface area (Å²) in [5, 5.41) is 2.64. The van der Waals surface area contributed by atoms with Crippen LogP contribution in [0.4, 0.5) is 5.69 Å². The van der Waals surface area contributed by atoms with Crippen LogP contribution < -0.4 is 10.1 Å². The first-order valence-corrected chi connectivity index (χ1v) is 9.46. The van der Waals surface area contributed by atoms with Gasteiger partial charge in [-0.15, -0.1) is 0 Å². The highest BCUT2D eigenvalue weighted by molar-refractivity contribution is 6.21. The van der Waals surface area contributed by atoms with Gasteiger partial charge in [0.2, 0.25) is 0 Å². The molecule has 1 N–H and O–H groups in total. The maximum atomic E-state index is 12.8. The lowest BCUT2D eigenvalue weighted by Crippen LogP contribution is -2.29. The number of aromatic nitrogens is 1. The molecule has 1 aromatic heterocycles. The van der Waals surface area contributed by atoms with Gasteiger partial charge in [0.1, 0.15) is 11.5 Å². The molecule has 0 saturated carbocycles. The number of carbonyl (C=O) groups excluding carboxylic acids is 3. The molecule has 152 valence electrons. The number of nitrogens with zero attached hydrogens (tertiary/aromatic N) is 2. The fourth-order valence-corrected chi connectivity index (χ4v) is 3.17. The highest BCUT2D eigenvalue weighted by Crippen LogP contribution is 2.30. The summed E-state index contributed by atoms with van der Waals surface area (Å²) in [6, 6.07) is 15.1. The van der Waals surface area contributed by atoms with Crippen LogP contribution in [0.2, 0.25) is 0 Å². The fourth-order valence-electron chi connectivity index (χ4n) is 3.17. The number of imide groups is 1. The number of rotatable bonds is 5. The van der Waals surface area contributed by atoms with Crippen molar-refractivity contribution < 1.29 is 19.1 Å². The molecule has 4 rings (SSSR count). The second-order valence-electron chi connectivity index (χ2n) is 6.72. The van der Waals surface area contributed by atoms with E-state index in [2.05, 4.69) is 22.1 Å². The predicted octanol–water partition coefficient (Wildman–Crippen LogP) is 3.63. The van der Waals surface area contributed by atoms with Crippen LogP contribution >= 0.6 is 0 Å². The summed E-state index contributed by atoms with van der Waals surface area (Å²) in [6.45, 7) is 1.75. The van der Waals surface area contributed by atoms with Gasteiger partial charge in [0, 0.05) is 18.1 Å². The Hall–Kier alpha value is -4.44. The molecule has 1 aliphatic rings. The Kier molecular flexibility index (Phi) is 5.45. The Balaban J connectivity index is 1.48. The molecule has 0 fully saturated rings. The van der Waals surface area contributed by atoms with Crippen molar-refractivity contribution >= 4 is 23.4 Å². The Morgan fingerprint density at radius 1 is 1.03 bits per heavy atom. The van der Waals surface area contributed by atoms with Crippen molar-refractivity contribution in [3.05, 3.63) is 83.7 Å². The number of pyridine rings is 1. The number of benzene rings is 2. The minimum Gasteiger partial charge on any atom is -0.457 e. The van der Waals surface area contributed by atoms with Crippen molar-refractivity contribution in [1.29, 1.82) is 0 Å². The van der Waals surface area contributed by atoms with Gasteiger partial charge in [0.15, 0.2) is 0 Å². The standard InChI is InChI=1S/C24H17N3O4/c1-2-4-22(28)26-17-6-8-18(9-7-17)31-19-10-11-20-21(13-19)24(30)27(23(20)29)15-16-5-3-12-25-14-16/h3,5-14H,15H2,1H3,(H,26,28). The van der Waals surface area contributed by atoms with Gasteiger partial charge in [-0.2, -0.15) is 0 Å². The Morgan fingerprint density at radius 3 is 2.48 bits per heavy atom. The van der Waals surface area contributed by atoms with Crippen LogP contribution in [0.25, 0.3) is 0 Å². The number of anilines is 1. The summed E-state index contributed by atoms with van der Waals surface area (Å²) in [7, 11) is 0. The van der Waals surface area contributed by atoms with E-state index in [-0.39, 0.29) is 18.4 Å². The predicted molar refractivity (Wildman–Crippen MR) is 113 cm³/mol. The third kappa shape index (κ3) is 4.28. The third-order valence-corrected chi connectivity index (χ3v) is 4.59. The molecule has 7 heteroatoms. The minimum absolute atomic E-state index is 0.159. The summed E-state index contributed by atoms with van der Waals surface area (Å²) < 4.78 is 5.82. The van der Waals surface area contributed by atoms with Crippen LogP contribution in [0.1, 0.15) is 33.2 Å². The van der Waals surface area contributed by atoms with Crippen molar-refractivity contribution in [3.63, 3.8) is 0 Å². The van der Waals surface area contributed by atoms with Gasteiger partial charge in [0.25, 0.3) is 17.7 Å². The summed E-state index contributed by atoms with van der Waals surface area (Å²) in [4.78, 5) is 42.2. The van der Waals surface area contributed by atoms with E-state index in [0.29, 0.717) is 28.3 Å². The largest absolute Gasteiger partial charge is 0.457 e. The van der Waals surface area contributed by atoms with Crippen LogP contribution in [-0.4, -0.2) is 27.6 Å². The van der Waals surface area contributed by atoms with E-state index < -0.39 is 5.91 Å². The highest BCUT2D eigenvalue weighted by Gasteiger charge is 2.35. The van der Waals surface area contributed by atoms with E-state index in [0.717, 1.165) is 5.56 Å². The zero-order valence-corrected chi connectivity index (χ0v) is 16.6. The molecule has 0 bridgehead atoms. The Bertz CT molecular complexity index is 1230. The van der Waals surface area contributed by atoms with Crippen LogP contribution in [0.3, 0.4) is 0 Å². The molecule has 1 aliphatic heterocycles. The zero-order valence-electron chi connectivity index (χ0n) is 16.6. The van der Waals surface area contributed by atoms with Gasteiger partial charge < -0.3 is 10.1 Å². The van der Waals surface area contributed by atoms with Crippen molar-refractivity contribution in [2.45, 2.75) is 13.5 Å². The molecule has 0 unspecified atom stereocenters. The second-order valence-corrected chi connectivity index (χ2v) is 6.72. The van der Waals surface area contributed by atoms with E-state index in [9.17, 15) is 14.4 Å². The molecule has 2 heterocycles. The molecular formula is C24H17N3O4. The topological polar surface area (TPSA) is 88.6 Å². The normalized spacial score (nSPS) is 12.1. The Morgan fingerprint density at radius 2 is 1.77 bits per heavy atom.